The fraction of sp³-hybridized carbons (Fsp3) is 0.381. The maximum Gasteiger partial charge on any atom is 0.242 e. The standard InChI is InChI=1S/C21H24FN3O2/c1-14-10-17(11-16-5-7-18(22)8-6-16)12-19(24-14)20-4-3-9-25(20)21(27)13-23-15(2)26/h5-8,10,12,20H,3-4,9,11,13H2,1-2H3,(H,23,26). The highest BCUT2D eigenvalue weighted by atomic mass is 19.1. The first-order chi connectivity index (χ1) is 12.9. The van der Waals surface area contributed by atoms with Gasteiger partial charge in [-0.25, -0.2) is 4.39 Å². The van der Waals surface area contributed by atoms with Gasteiger partial charge in [-0.3, -0.25) is 14.6 Å². The summed E-state index contributed by atoms with van der Waals surface area (Å²) in [5, 5.41) is 2.57. The Hall–Kier alpha value is -2.76. The molecule has 2 amide bonds. The molecule has 1 aromatic heterocycles. The number of pyridine rings is 1. The van der Waals surface area contributed by atoms with Crippen molar-refractivity contribution in [3.05, 3.63) is 64.7 Å². The Kier molecular flexibility index (Phi) is 5.84. The number of aryl methyl sites for hydroxylation is 1. The summed E-state index contributed by atoms with van der Waals surface area (Å²) in [5.41, 5.74) is 3.88. The van der Waals surface area contributed by atoms with E-state index >= 15 is 0 Å². The highest BCUT2D eigenvalue weighted by Crippen LogP contribution is 2.31. The second kappa shape index (κ2) is 8.29. The fourth-order valence-corrected chi connectivity index (χ4v) is 3.55. The number of hydrogen-bond donors (Lipinski definition) is 1. The zero-order valence-corrected chi connectivity index (χ0v) is 15.7. The Labute approximate surface area is 158 Å². The minimum absolute atomic E-state index is 0.0140. The molecule has 1 aliphatic rings. The average Bonchev–Trinajstić information content (AvgIpc) is 3.11. The molecule has 1 fully saturated rings. The van der Waals surface area contributed by atoms with Crippen LogP contribution in [0.25, 0.3) is 0 Å². The SMILES string of the molecule is CC(=O)NCC(=O)N1CCCC1c1cc(Cc2ccc(F)cc2)cc(C)n1. The number of nitrogens with one attached hydrogen (secondary N) is 1. The smallest absolute Gasteiger partial charge is 0.242 e. The molecule has 0 bridgehead atoms. The number of aromatic nitrogens is 1. The van der Waals surface area contributed by atoms with Gasteiger partial charge in [0.2, 0.25) is 11.8 Å². The Bertz CT molecular complexity index is 836. The second-order valence-electron chi connectivity index (χ2n) is 7.00. The van der Waals surface area contributed by atoms with Crippen LogP contribution < -0.4 is 5.32 Å². The number of carbonyl (C=O) groups excluding carboxylic acids is 2. The van der Waals surface area contributed by atoms with Crippen molar-refractivity contribution >= 4 is 11.8 Å². The summed E-state index contributed by atoms with van der Waals surface area (Å²) >= 11 is 0. The molecule has 1 atom stereocenters. The quantitative estimate of drug-likeness (QED) is 0.881. The number of rotatable bonds is 5. The molecule has 5 nitrogen and oxygen atoms in total. The van der Waals surface area contributed by atoms with E-state index in [9.17, 15) is 14.0 Å². The Morgan fingerprint density at radius 2 is 1.96 bits per heavy atom. The number of likely N-dealkylation sites (tertiary alicyclic amines) is 1. The van der Waals surface area contributed by atoms with Crippen LogP contribution in [-0.4, -0.2) is 34.8 Å². The summed E-state index contributed by atoms with van der Waals surface area (Å²) in [6.07, 6.45) is 2.46. The van der Waals surface area contributed by atoms with E-state index in [0.717, 1.165) is 35.4 Å². The van der Waals surface area contributed by atoms with Gasteiger partial charge in [-0.15, -0.1) is 0 Å². The van der Waals surface area contributed by atoms with Gasteiger partial charge in [0, 0.05) is 19.2 Å². The van der Waals surface area contributed by atoms with E-state index in [1.807, 2.05) is 19.1 Å². The summed E-state index contributed by atoms with van der Waals surface area (Å²) in [5.74, 6) is -0.546. The van der Waals surface area contributed by atoms with Gasteiger partial charge in [-0.05, 0) is 61.6 Å². The zero-order valence-electron chi connectivity index (χ0n) is 15.7. The van der Waals surface area contributed by atoms with Gasteiger partial charge in [0.1, 0.15) is 5.82 Å². The Morgan fingerprint density at radius 3 is 2.67 bits per heavy atom. The van der Waals surface area contributed by atoms with Crippen molar-refractivity contribution in [1.29, 1.82) is 0 Å². The second-order valence-corrected chi connectivity index (χ2v) is 7.00. The first-order valence-electron chi connectivity index (χ1n) is 9.18. The Morgan fingerprint density at radius 1 is 1.22 bits per heavy atom. The minimum Gasteiger partial charge on any atom is -0.347 e. The summed E-state index contributed by atoms with van der Waals surface area (Å²) in [7, 11) is 0. The molecule has 0 saturated carbocycles. The van der Waals surface area contributed by atoms with Crippen LogP contribution in [0.3, 0.4) is 0 Å². The third-order valence-corrected chi connectivity index (χ3v) is 4.76. The molecule has 1 aromatic carbocycles. The summed E-state index contributed by atoms with van der Waals surface area (Å²) in [4.78, 5) is 30.0. The number of nitrogens with zero attached hydrogens (tertiary/aromatic N) is 2. The van der Waals surface area contributed by atoms with Crippen LogP contribution in [0.5, 0.6) is 0 Å². The van der Waals surface area contributed by atoms with Crippen molar-refractivity contribution in [2.45, 2.75) is 39.2 Å². The molecular formula is C21H24FN3O2. The van der Waals surface area contributed by atoms with Crippen molar-refractivity contribution in [3.8, 4) is 0 Å². The largest absolute Gasteiger partial charge is 0.347 e. The van der Waals surface area contributed by atoms with E-state index in [4.69, 9.17) is 0 Å². The molecule has 1 saturated heterocycles. The molecule has 1 aliphatic heterocycles. The highest BCUT2D eigenvalue weighted by molar-refractivity contribution is 5.84. The molecule has 0 aliphatic carbocycles. The third-order valence-electron chi connectivity index (χ3n) is 4.76. The van der Waals surface area contributed by atoms with Gasteiger partial charge in [-0.1, -0.05) is 12.1 Å². The lowest BCUT2D eigenvalue weighted by Gasteiger charge is -2.25. The van der Waals surface area contributed by atoms with Gasteiger partial charge in [0.15, 0.2) is 0 Å². The van der Waals surface area contributed by atoms with E-state index < -0.39 is 0 Å². The molecule has 1 N–H and O–H groups in total. The van der Waals surface area contributed by atoms with Crippen molar-refractivity contribution in [2.24, 2.45) is 0 Å². The minimum atomic E-state index is -0.246. The fourth-order valence-electron chi connectivity index (χ4n) is 3.55. The van der Waals surface area contributed by atoms with E-state index in [2.05, 4.69) is 10.3 Å². The van der Waals surface area contributed by atoms with Crippen LogP contribution in [0.4, 0.5) is 4.39 Å². The Balaban J connectivity index is 1.79. The monoisotopic (exact) mass is 369 g/mol. The first kappa shape index (κ1) is 19.0. The van der Waals surface area contributed by atoms with Gasteiger partial charge < -0.3 is 10.2 Å². The van der Waals surface area contributed by atoms with Gasteiger partial charge >= 0.3 is 0 Å². The van der Waals surface area contributed by atoms with Crippen LogP contribution in [0.15, 0.2) is 36.4 Å². The maximum atomic E-state index is 13.1. The topological polar surface area (TPSA) is 62.3 Å². The predicted molar refractivity (Wildman–Crippen MR) is 101 cm³/mol. The van der Waals surface area contributed by atoms with Crippen LogP contribution in [0, 0.1) is 12.7 Å². The van der Waals surface area contributed by atoms with E-state index in [1.54, 1.807) is 17.0 Å². The van der Waals surface area contributed by atoms with E-state index in [1.165, 1.54) is 19.1 Å². The van der Waals surface area contributed by atoms with E-state index in [0.29, 0.717) is 13.0 Å². The van der Waals surface area contributed by atoms with Crippen LogP contribution in [0.1, 0.15) is 48.3 Å². The normalized spacial score (nSPS) is 16.4. The van der Waals surface area contributed by atoms with Gasteiger partial charge in [0.25, 0.3) is 0 Å². The number of hydrogen-bond acceptors (Lipinski definition) is 3. The summed E-state index contributed by atoms with van der Waals surface area (Å²) in [6.45, 7) is 4.03. The van der Waals surface area contributed by atoms with Crippen molar-refractivity contribution < 1.29 is 14.0 Å². The molecule has 0 radical (unpaired) electrons. The molecule has 142 valence electrons. The van der Waals surface area contributed by atoms with Crippen LogP contribution in [0.2, 0.25) is 0 Å². The van der Waals surface area contributed by atoms with Crippen molar-refractivity contribution in [2.75, 3.05) is 13.1 Å². The lowest BCUT2D eigenvalue weighted by atomic mass is 10.0. The van der Waals surface area contributed by atoms with Crippen molar-refractivity contribution in [1.82, 2.24) is 15.2 Å². The summed E-state index contributed by atoms with van der Waals surface area (Å²) in [6, 6.07) is 10.5. The lowest BCUT2D eigenvalue weighted by molar-refractivity contribution is -0.133. The number of benzene rings is 1. The molecule has 2 heterocycles. The molecular weight excluding hydrogens is 345 g/mol. The maximum absolute atomic E-state index is 13.1. The van der Waals surface area contributed by atoms with Crippen LogP contribution in [-0.2, 0) is 16.0 Å². The average molecular weight is 369 g/mol. The number of amides is 2. The third kappa shape index (κ3) is 4.90. The number of halogens is 1. The molecule has 0 spiro atoms. The first-order valence-corrected chi connectivity index (χ1v) is 9.18. The lowest BCUT2D eigenvalue weighted by Crippen LogP contribution is -2.39. The summed E-state index contributed by atoms with van der Waals surface area (Å²) < 4.78 is 13.1. The molecule has 27 heavy (non-hydrogen) atoms. The molecule has 2 aromatic rings. The zero-order chi connectivity index (χ0) is 19.4. The van der Waals surface area contributed by atoms with E-state index in [-0.39, 0.29) is 30.2 Å². The number of carbonyl (C=O) groups is 2. The molecule has 6 heteroatoms. The van der Waals surface area contributed by atoms with Crippen LogP contribution >= 0.6 is 0 Å². The molecule has 3 rings (SSSR count). The van der Waals surface area contributed by atoms with Gasteiger partial charge in [-0.2, -0.15) is 0 Å². The predicted octanol–water partition coefficient (Wildman–Crippen LogP) is 2.92. The van der Waals surface area contributed by atoms with Gasteiger partial charge in [0.05, 0.1) is 18.3 Å². The molecule has 1 unspecified atom stereocenters. The highest BCUT2D eigenvalue weighted by Gasteiger charge is 2.31. The van der Waals surface area contributed by atoms with Crippen molar-refractivity contribution in [3.63, 3.8) is 0 Å².